The van der Waals surface area contributed by atoms with E-state index in [0.29, 0.717) is 18.2 Å². The Kier molecular flexibility index (Phi) is 4.89. The van der Waals surface area contributed by atoms with E-state index in [0.717, 1.165) is 23.5 Å². The summed E-state index contributed by atoms with van der Waals surface area (Å²) >= 11 is 1.53. The van der Waals surface area contributed by atoms with E-state index >= 15 is 0 Å². The second kappa shape index (κ2) is 6.65. The predicted octanol–water partition coefficient (Wildman–Crippen LogP) is 2.80. The number of hydrogen-bond acceptors (Lipinski definition) is 4. The quantitative estimate of drug-likeness (QED) is 0.890. The van der Waals surface area contributed by atoms with E-state index in [1.54, 1.807) is 6.20 Å². The molecule has 108 valence electrons. The van der Waals surface area contributed by atoms with Gasteiger partial charge in [0.05, 0.1) is 11.2 Å². The third-order valence-corrected chi connectivity index (χ3v) is 3.99. The van der Waals surface area contributed by atoms with Crippen LogP contribution in [0.1, 0.15) is 54.2 Å². The Morgan fingerprint density at radius 3 is 2.95 bits per heavy atom. The van der Waals surface area contributed by atoms with Crippen LogP contribution in [0.15, 0.2) is 17.8 Å². The van der Waals surface area contributed by atoms with Gasteiger partial charge in [-0.3, -0.25) is 9.48 Å². The van der Waals surface area contributed by atoms with Gasteiger partial charge in [0.25, 0.3) is 5.91 Å². The molecule has 0 saturated heterocycles. The van der Waals surface area contributed by atoms with Crippen molar-refractivity contribution in [2.45, 2.75) is 46.2 Å². The number of aromatic nitrogens is 3. The number of aryl methyl sites for hydroxylation is 1. The summed E-state index contributed by atoms with van der Waals surface area (Å²) < 4.78 is 1.89. The van der Waals surface area contributed by atoms with Gasteiger partial charge in [0.15, 0.2) is 0 Å². The first kappa shape index (κ1) is 14.7. The summed E-state index contributed by atoms with van der Waals surface area (Å²) in [7, 11) is 0. The molecular formula is C14H20N4OS. The minimum Gasteiger partial charge on any atom is -0.346 e. The number of carbonyl (C=O) groups excluding carboxylic acids is 1. The van der Waals surface area contributed by atoms with Crippen LogP contribution < -0.4 is 5.32 Å². The van der Waals surface area contributed by atoms with Crippen LogP contribution in [0.5, 0.6) is 0 Å². The largest absolute Gasteiger partial charge is 0.346 e. The number of rotatable bonds is 6. The fraction of sp³-hybridized carbons (Fsp3) is 0.500. The van der Waals surface area contributed by atoms with E-state index in [-0.39, 0.29) is 5.91 Å². The number of amides is 1. The van der Waals surface area contributed by atoms with Crippen molar-refractivity contribution >= 4 is 17.2 Å². The normalized spacial score (nSPS) is 11.0. The SMILES string of the molecule is CCCn1cc(CNC(=O)c2csc(C(C)C)n2)cn1. The highest BCUT2D eigenvalue weighted by Crippen LogP contribution is 2.19. The minimum absolute atomic E-state index is 0.128. The van der Waals surface area contributed by atoms with Crippen molar-refractivity contribution in [2.75, 3.05) is 0 Å². The number of nitrogens with zero attached hydrogens (tertiary/aromatic N) is 3. The average molecular weight is 292 g/mol. The van der Waals surface area contributed by atoms with Gasteiger partial charge in [-0.25, -0.2) is 4.98 Å². The van der Waals surface area contributed by atoms with Crippen LogP contribution in [0.3, 0.4) is 0 Å². The highest BCUT2D eigenvalue weighted by atomic mass is 32.1. The van der Waals surface area contributed by atoms with Gasteiger partial charge in [-0.2, -0.15) is 5.10 Å². The molecule has 6 heteroatoms. The Morgan fingerprint density at radius 2 is 2.30 bits per heavy atom. The summed E-state index contributed by atoms with van der Waals surface area (Å²) in [5.41, 5.74) is 1.51. The molecule has 0 spiro atoms. The monoisotopic (exact) mass is 292 g/mol. The second-order valence-corrected chi connectivity index (χ2v) is 5.91. The standard InChI is InChI=1S/C14H20N4OS/c1-4-5-18-8-11(7-16-18)6-15-13(19)12-9-20-14(17-12)10(2)3/h7-10H,4-6H2,1-3H3,(H,15,19). The molecule has 2 aromatic heterocycles. The van der Waals surface area contributed by atoms with Gasteiger partial charge in [0, 0.05) is 36.1 Å². The first-order chi connectivity index (χ1) is 9.60. The smallest absolute Gasteiger partial charge is 0.271 e. The van der Waals surface area contributed by atoms with E-state index in [1.807, 2.05) is 16.3 Å². The number of hydrogen-bond donors (Lipinski definition) is 1. The lowest BCUT2D eigenvalue weighted by atomic mass is 10.2. The lowest BCUT2D eigenvalue weighted by Gasteiger charge is -2.01. The molecule has 2 heterocycles. The molecule has 1 N–H and O–H groups in total. The van der Waals surface area contributed by atoms with Crippen LogP contribution in [-0.4, -0.2) is 20.7 Å². The van der Waals surface area contributed by atoms with E-state index in [4.69, 9.17) is 0 Å². The van der Waals surface area contributed by atoms with Crippen molar-refractivity contribution in [3.8, 4) is 0 Å². The average Bonchev–Trinajstić information content (AvgIpc) is 3.05. The maximum absolute atomic E-state index is 12.0. The highest BCUT2D eigenvalue weighted by Gasteiger charge is 2.12. The maximum atomic E-state index is 12.0. The van der Waals surface area contributed by atoms with Crippen LogP contribution in [0.25, 0.3) is 0 Å². The van der Waals surface area contributed by atoms with E-state index in [2.05, 4.69) is 36.2 Å². The van der Waals surface area contributed by atoms with E-state index in [9.17, 15) is 4.79 Å². The number of carbonyl (C=O) groups is 1. The fourth-order valence-corrected chi connectivity index (χ4v) is 2.59. The van der Waals surface area contributed by atoms with Crippen molar-refractivity contribution < 1.29 is 4.79 Å². The Labute approximate surface area is 123 Å². The molecule has 0 aliphatic rings. The zero-order valence-corrected chi connectivity index (χ0v) is 12.9. The van der Waals surface area contributed by atoms with Crippen molar-refractivity contribution in [1.29, 1.82) is 0 Å². The predicted molar refractivity (Wildman–Crippen MR) is 79.9 cm³/mol. The molecule has 0 aromatic carbocycles. The summed E-state index contributed by atoms with van der Waals surface area (Å²) in [5, 5.41) is 9.91. The van der Waals surface area contributed by atoms with Gasteiger partial charge in [-0.1, -0.05) is 20.8 Å². The molecule has 5 nitrogen and oxygen atoms in total. The summed E-state index contributed by atoms with van der Waals surface area (Å²) in [6.45, 7) is 7.64. The fourth-order valence-electron chi connectivity index (χ4n) is 1.78. The van der Waals surface area contributed by atoms with Gasteiger partial charge in [0.1, 0.15) is 5.69 Å². The van der Waals surface area contributed by atoms with Crippen molar-refractivity contribution in [3.05, 3.63) is 34.0 Å². The molecule has 2 rings (SSSR count). The molecule has 0 atom stereocenters. The van der Waals surface area contributed by atoms with Gasteiger partial charge in [-0.15, -0.1) is 11.3 Å². The molecule has 0 unspecified atom stereocenters. The molecule has 1 amide bonds. The molecular weight excluding hydrogens is 272 g/mol. The molecule has 2 aromatic rings. The summed E-state index contributed by atoms with van der Waals surface area (Å²) in [6, 6.07) is 0. The number of nitrogens with one attached hydrogen (secondary N) is 1. The Bertz CT molecular complexity index is 573. The van der Waals surface area contributed by atoms with Gasteiger partial charge >= 0.3 is 0 Å². The molecule has 0 aliphatic heterocycles. The van der Waals surface area contributed by atoms with Crippen LogP contribution >= 0.6 is 11.3 Å². The molecule has 0 fully saturated rings. The van der Waals surface area contributed by atoms with Crippen LogP contribution in [0.2, 0.25) is 0 Å². The zero-order chi connectivity index (χ0) is 14.5. The molecule has 20 heavy (non-hydrogen) atoms. The Balaban J connectivity index is 1.90. The third-order valence-electron chi connectivity index (χ3n) is 2.84. The Morgan fingerprint density at radius 1 is 1.50 bits per heavy atom. The first-order valence-electron chi connectivity index (χ1n) is 6.85. The maximum Gasteiger partial charge on any atom is 0.271 e. The lowest BCUT2D eigenvalue weighted by molar-refractivity contribution is 0.0946. The van der Waals surface area contributed by atoms with Gasteiger partial charge in [0.2, 0.25) is 0 Å². The highest BCUT2D eigenvalue weighted by molar-refractivity contribution is 7.09. The minimum atomic E-state index is -0.128. The molecule has 0 bridgehead atoms. The first-order valence-corrected chi connectivity index (χ1v) is 7.73. The third kappa shape index (κ3) is 3.66. The van der Waals surface area contributed by atoms with Crippen molar-refractivity contribution in [1.82, 2.24) is 20.1 Å². The van der Waals surface area contributed by atoms with Crippen molar-refractivity contribution in [3.63, 3.8) is 0 Å². The summed E-state index contributed by atoms with van der Waals surface area (Å²) in [6.07, 6.45) is 4.80. The summed E-state index contributed by atoms with van der Waals surface area (Å²) in [4.78, 5) is 16.3. The summed E-state index contributed by atoms with van der Waals surface area (Å²) in [5.74, 6) is 0.227. The van der Waals surface area contributed by atoms with Crippen molar-refractivity contribution in [2.24, 2.45) is 0 Å². The van der Waals surface area contributed by atoms with Crippen LogP contribution in [0.4, 0.5) is 0 Å². The van der Waals surface area contributed by atoms with Crippen LogP contribution in [-0.2, 0) is 13.1 Å². The number of thiazole rings is 1. The Hall–Kier alpha value is -1.69. The molecule has 0 aliphatic carbocycles. The van der Waals surface area contributed by atoms with Gasteiger partial charge < -0.3 is 5.32 Å². The van der Waals surface area contributed by atoms with Gasteiger partial charge in [-0.05, 0) is 6.42 Å². The zero-order valence-electron chi connectivity index (χ0n) is 12.1. The topological polar surface area (TPSA) is 59.8 Å². The van der Waals surface area contributed by atoms with Crippen LogP contribution in [0, 0.1) is 0 Å². The van der Waals surface area contributed by atoms with E-state index < -0.39 is 0 Å². The molecule has 0 radical (unpaired) electrons. The second-order valence-electron chi connectivity index (χ2n) is 5.02. The van der Waals surface area contributed by atoms with E-state index in [1.165, 1.54) is 11.3 Å². The lowest BCUT2D eigenvalue weighted by Crippen LogP contribution is -2.23. The molecule has 0 saturated carbocycles.